The first-order valence-electron chi connectivity index (χ1n) is 6.17. The molecule has 0 bridgehead atoms. The monoisotopic (exact) mass is 257 g/mol. The molecule has 0 saturated carbocycles. The fourth-order valence-corrected chi connectivity index (χ4v) is 2.30. The minimum Gasteiger partial charge on any atom is -0.313 e. The van der Waals surface area contributed by atoms with Gasteiger partial charge in [0.2, 0.25) is 0 Å². The Kier molecular flexibility index (Phi) is 5.93. The van der Waals surface area contributed by atoms with Crippen LogP contribution in [-0.4, -0.2) is 7.05 Å². The average Bonchev–Trinajstić information content (AvgIpc) is 2.26. The molecule has 96 valence electrons. The molecule has 1 aromatic carbocycles. The van der Waals surface area contributed by atoms with Crippen LogP contribution in [0, 0.1) is 11.7 Å². The second-order valence-corrected chi connectivity index (χ2v) is 5.21. The molecule has 0 heterocycles. The smallest absolute Gasteiger partial charge is 0.129 e. The number of halogens is 2. The molecule has 0 spiro atoms. The molecule has 0 aliphatic heterocycles. The molecule has 0 aromatic heterocycles. The number of nitrogens with one attached hydrogen (secondary N) is 1. The van der Waals surface area contributed by atoms with Crippen LogP contribution < -0.4 is 5.32 Å². The van der Waals surface area contributed by atoms with E-state index in [2.05, 4.69) is 19.2 Å². The Bertz CT molecular complexity index is 332. The zero-order chi connectivity index (χ0) is 12.8. The normalized spacial score (nSPS) is 13.1. The maximum absolute atomic E-state index is 13.7. The third-order valence-electron chi connectivity index (χ3n) is 2.97. The summed E-state index contributed by atoms with van der Waals surface area (Å²) in [4.78, 5) is 0. The highest BCUT2D eigenvalue weighted by Crippen LogP contribution is 2.29. The van der Waals surface area contributed by atoms with E-state index in [0.29, 0.717) is 16.5 Å². The van der Waals surface area contributed by atoms with Crippen molar-refractivity contribution in [1.82, 2.24) is 5.32 Å². The number of benzene rings is 1. The van der Waals surface area contributed by atoms with E-state index in [4.69, 9.17) is 11.6 Å². The molecule has 0 saturated heterocycles. The van der Waals surface area contributed by atoms with Crippen molar-refractivity contribution < 1.29 is 4.39 Å². The molecule has 1 aromatic rings. The molecule has 0 aliphatic carbocycles. The molecule has 1 N–H and O–H groups in total. The van der Waals surface area contributed by atoms with Crippen molar-refractivity contribution in [1.29, 1.82) is 0 Å². The van der Waals surface area contributed by atoms with E-state index < -0.39 is 0 Å². The van der Waals surface area contributed by atoms with E-state index in [1.165, 1.54) is 6.07 Å². The molecular weight excluding hydrogens is 237 g/mol. The van der Waals surface area contributed by atoms with Gasteiger partial charge >= 0.3 is 0 Å². The summed E-state index contributed by atoms with van der Waals surface area (Å²) in [5.41, 5.74) is 0.598. The largest absolute Gasteiger partial charge is 0.313 e. The van der Waals surface area contributed by atoms with Crippen LogP contribution >= 0.6 is 11.6 Å². The Morgan fingerprint density at radius 2 is 2.00 bits per heavy atom. The van der Waals surface area contributed by atoms with Gasteiger partial charge in [-0.3, -0.25) is 0 Å². The summed E-state index contributed by atoms with van der Waals surface area (Å²) in [7, 11) is 1.85. The molecule has 0 radical (unpaired) electrons. The van der Waals surface area contributed by atoms with Crippen LogP contribution in [0.2, 0.25) is 5.02 Å². The second-order valence-electron chi connectivity index (χ2n) is 4.80. The Morgan fingerprint density at radius 1 is 1.29 bits per heavy atom. The molecule has 1 nitrogen and oxygen atoms in total. The summed E-state index contributed by atoms with van der Waals surface area (Å²) in [6, 6.07) is 4.85. The lowest BCUT2D eigenvalue weighted by Crippen LogP contribution is -2.18. The third kappa shape index (κ3) is 4.29. The standard InChI is InChI=1S/C14H21ClFN/c1-10(2)6-4-9-13(17-3)14-11(15)7-5-8-12(14)16/h5,7-8,10,13,17H,4,6,9H2,1-3H3. The molecule has 17 heavy (non-hydrogen) atoms. The van der Waals surface area contributed by atoms with Gasteiger partial charge in [0.05, 0.1) is 0 Å². The second kappa shape index (κ2) is 6.97. The van der Waals surface area contributed by atoms with Crippen molar-refractivity contribution in [3.8, 4) is 0 Å². The first kappa shape index (κ1) is 14.5. The summed E-state index contributed by atoms with van der Waals surface area (Å²) < 4.78 is 13.7. The van der Waals surface area contributed by atoms with Gasteiger partial charge < -0.3 is 5.32 Å². The van der Waals surface area contributed by atoms with Gasteiger partial charge in [-0.15, -0.1) is 0 Å². The van der Waals surface area contributed by atoms with Gasteiger partial charge in [-0.2, -0.15) is 0 Å². The Labute approximate surface area is 108 Å². The van der Waals surface area contributed by atoms with Crippen molar-refractivity contribution in [2.75, 3.05) is 7.05 Å². The van der Waals surface area contributed by atoms with Crippen molar-refractivity contribution in [3.05, 3.63) is 34.6 Å². The molecule has 0 amide bonds. The third-order valence-corrected chi connectivity index (χ3v) is 3.30. The van der Waals surface area contributed by atoms with E-state index in [9.17, 15) is 4.39 Å². The molecule has 1 atom stereocenters. The number of rotatable bonds is 6. The van der Waals surface area contributed by atoms with Crippen LogP contribution in [0.3, 0.4) is 0 Å². The average molecular weight is 258 g/mol. The summed E-state index contributed by atoms with van der Waals surface area (Å²) >= 11 is 6.06. The van der Waals surface area contributed by atoms with Crippen LogP contribution in [0.25, 0.3) is 0 Å². The molecule has 3 heteroatoms. The molecule has 0 fully saturated rings. The minimum absolute atomic E-state index is 0.00227. The predicted octanol–water partition coefficient (Wildman–Crippen LogP) is 4.57. The van der Waals surface area contributed by atoms with Crippen LogP contribution in [0.1, 0.15) is 44.7 Å². The SMILES string of the molecule is CNC(CCCC(C)C)c1c(F)cccc1Cl. The van der Waals surface area contributed by atoms with Crippen molar-refractivity contribution in [3.63, 3.8) is 0 Å². The first-order chi connectivity index (χ1) is 8.06. The Morgan fingerprint density at radius 3 is 2.53 bits per heavy atom. The van der Waals surface area contributed by atoms with Gasteiger partial charge in [-0.25, -0.2) is 4.39 Å². The fraction of sp³-hybridized carbons (Fsp3) is 0.571. The van der Waals surface area contributed by atoms with Gasteiger partial charge in [0, 0.05) is 16.6 Å². The first-order valence-corrected chi connectivity index (χ1v) is 6.55. The van der Waals surface area contributed by atoms with Crippen molar-refractivity contribution in [2.45, 2.75) is 39.2 Å². The van der Waals surface area contributed by atoms with Crippen LogP contribution in [0.5, 0.6) is 0 Å². The predicted molar refractivity (Wildman–Crippen MR) is 71.9 cm³/mol. The maximum Gasteiger partial charge on any atom is 0.129 e. The van der Waals surface area contributed by atoms with E-state index in [1.54, 1.807) is 12.1 Å². The van der Waals surface area contributed by atoms with Crippen molar-refractivity contribution in [2.24, 2.45) is 5.92 Å². The molecule has 0 aliphatic rings. The van der Waals surface area contributed by atoms with Crippen LogP contribution in [0.15, 0.2) is 18.2 Å². The van der Waals surface area contributed by atoms with Gasteiger partial charge in [0.15, 0.2) is 0 Å². The van der Waals surface area contributed by atoms with Crippen LogP contribution in [0.4, 0.5) is 4.39 Å². The summed E-state index contributed by atoms with van der Waals surface area (Å²) in [6.45, 7) is 4.40. The summed E-state index contributed by atoms with van der Waals surface area (Å²) in [6.07, 6.45) is 3.15. The number of hydrogen-bond donors (Lipinski definition) is 1. The highest BCUT2D eigenvalue weighted by molar-refractivity contribution is 6.31. The summed E-state index contributed by atoms with van der Waals surface area (Å²) in [5.74, 6) is 0.463. The van der Waals surface area contributed by atoms with Gasteiger partial charge in [0.1, 0.15) is 5.82 Å². The highest BCUT2D eigenvalue weighted by atomic mass is 35.5. The Hall–Kier alpha value is -0.600. The molecule has 1 unspecified atom stereocenters. The van der Waals surface area contributed by atoms with E-state index in [1.807, 2.05) is 7.05 Å². The van der Waals surface area contributed by atoms with Crippen molar-refractivity contribution >= 4 is 11.6 Å². The van der Waals surface area contributed by atoms with Crippen LogP contribution in [-0.2, 0) is 0 Å². The highest BCUT2D eigenvalue weighted by Gasteiger charge is 2.17. The Balaban J connectivity index is 2.72. The quantitative estimate of drug-likeness (QED) is 0.787. The van der Waals surface area contributed by atoms with E-state index in [0.717, 1.165) is 19.3 Å². The number of hydrogen-bond acceptors (Lipinski definition) is 1. The van der Waals surface area contributed by atoms with Gasteiger partial charge in [-0.05, 0) is 31.5 Å². The molecular formula is C14H21ClFN. The topological polar surface area (TPSA) is 12.0 Å². The fourth-order valence-electron chi connectivity index (χ4n) is 2.01. The lowest BCUT2D eigenvalue weighted by atomic mass is 9.98. The van der Waals surface area contributed by atoms with Gasteiger partial charge in [-0.1, -0.05) is 44.4 Å². The summed E-state index contributed by atoms with van der Waals surface area (Å²) in [5, 5.41) is 3.66. The lowest BCUT2D eigenvalue weighted by molar-refractivity contribution is 0.456. The molecule has 1 rings (SSSR count). The van der Waals surface area contributed by atoms with Gasteiger partial charge in [0.25, 0.3) is 0 Å². The zero-order valence-electron chi connectivity index (χ0n) is 10.8. The van der Waals surface area contributed by atoms with E-state index in [-0.39, 0.29) is 11.9 Å². The maximum atomic E-state index is 13.7. The van der Waals surface area contributed by atoms with E-state index >= 15 is 0 Å². The minimum atomic E-state index is -0.221. The lowest BCUT2D eigenvalue weighted by Gasteiger charge is -2.19. The zero-order valence-corrected chi connectivity index (χ0v) is 11.5.